The van der Waals surface area contributed by atoms with Gasteiger partial charge in [0.25, 0.3) is 0 Å². The largest absolute Gasteiger partial charge is 0.384 e. The van der Waals surface area contributed by atoms with Gasteiger partial charge in [0, 0.05) is 10.6 Å². The molecule has 1 unspecified atom stereocenters. The zero-order valence-corrected chi connectivity index (χ0v) is 8.85. The molecule has 0 radical (unpaired) electrons. The number of halogens is 2. The van der Waals surface area contributed by atoms with Crippen LogP contribution in [0, 0.1) is 12.7 Å². The van der Waals surface area contributed by atoms with Crippen molar-refractivity contribution < 1.29 is 9.50 Å². The van der Waals surface area contributed by atoms with E-state index in [0.29, 0.717) is 10.6 Å². The van der Waals surface area contributed by atoms with Crippen LogP contribution in [0.2, 0.25) is 5.02 Å². The molecule has 0 bridgehead atoms. The lowest BCUT2D eigenvalue weighted by molar-refractivity contribution is 0.223. The Balaban J connectivity index is 3.19. The highest BCUT2D eigenvalue weighted by atomic mass is 35.5. The molecule has 0 spiro atoms. The smallest absolute Gasteiger partial charge is 0.132 e. The molecule has 76 valence electrons. The van der Waals surface area contributed by atoms with E-state index in [2.05, 4.69) is 0 Å². The Labute approximate surface area is 87.8 Å². The second-order valence-corrected chi connectivity index (χ2v) is 3.53. The summed E-state index contributed by atoms with van der Waals surface area (Å²) >= 11 is 5.76. The number of aryl methyl sites for hydroxylation is 1. The molecular weight excluding hydrogens is 203 g/mol. The van der Waals surface area contributed by atoms with Crippen LogP contribution in [0.1, 0.15) is 24.2 Å². The monoisotopic (exact) mass is 214 g/mol. The third-order valence-electron chi connectivity index (χ3n) is 1.94. The van der Waals surface area contributed by atoms with Gasteiger partial charge in [-0.25, -0.2) is 4.39 Å². The van der Waals surface area contributed by atoms with Gasteiger partial charge in [-0.05, 0) is 31.5 Å². The third kappa shape index (κ3) is 2.34. The molecule has 14 heavy (non-hydrogen) atoms. The van der Waals surface area contributed by atoms with Crippen LogP contribution < -0.4 is 0 Å². The molecule has 0 amide bonds. The van der Waals surface area contributed by atoms with Crippen LogP contribution in [-0.2, 0) is 0 Å². The van der Waals surface area contributed by atoms with Gasteiger partial charge in [0.2, 0.25) is 0 Å². The van der Waals surface area contributed by atoms with E-state index in [1.807, 2.05) is 0 Å². The first kappa shape index (κ1) is 11.2. The summed E-state index contributed by atoms with van der Waals surface area (Å²) in [5.41, 5.74) is 0.657. The first-order valence-electron chi connectivity index (χ1n) is 4.32. The van der Waals surface area contributed by atoms with Gasteiger partial charge in [-0.15, -0.1) is 0 Å². The number of hydrogen-bond donors (Lipinski definition) is 1. The van der Waals surface area contributed by atoms with E-state index in [1.165, 1.54) is 18.2 Å². The summed E-state index contributed by atoms with van der Waals surface area (Å²) in [4.78, 5) is 0. The quantitative estimate of drug-likeness (QED) is 0.749. The second kappa shape index (κ2) is 4.58. The van der Waals surface area contributed by atoms with E-state index in [0.717, 1.165) is 0 Å². The number of hydrogen-bond acceptors (Lipinski definition) is 1. The van der Waals surface area contributed by atoms with Crippen molar-refractivity contribution >= 4 is 11.6 Å². The average Bonchev–Trinajstić information content (AvgIpc) is 2.11. The van der Waals surface area contributed by atoms with Crippen LogP contribution >= 0.6 is 11.6 Å². The van der Waals surface area contributed by atoms with Gasteiger partial charge in [0.05, 0.1) is 0 Å². The number of benzene rings is 1. The lowest BCUT2D eigenvalue weighted by Crippen LogP contribution is -1.99. The fourth-order valence-electron chi connectivity index (χ4n) is 1.25. The highest BCUT2D eigenvalue weighted by molar-refractivity contribution is 6.30. The van der Waals surface area contributed by atoms with Crippen molar-refractivity contribution in [2.45, 2.75) is 20.0 Å². The van der Waals surface area contributed by atoms with Crippen LogP contribution in [0.15, 0.2) is 24.3 Å². The molecule has 0 aliphatic carbocycles. The van der Waals surface area contributed by atoms with E-state index in [1.54, 1.807) is 19.9 Å². The Morgan fingerprint density at radius 1 is 1.50 bits per heavy atom. The molecule has 0 saturated carbocycles. The molecule has 0 heterocycles. The minimum absolute atomic E-state index is 0.216. The van der Waals surface area contributed by atoms with Crippen molar-refractivity contribution in [1.29, 1.82) is 0 Å². The maximum Gasteiger partial charge on any atom is 0.132 e. The standard InChI is InChI=1S/C11H12ClFO/c1-3-4-10(14)9-6-8(12)5-7(2)11(9)13/h3-6,10,14H,1-2H3/b4-3+. The molecule has 0 saturated heterocycles. The van der Waals surface area contributed by atoms with E-state index in [4.69, 9.17) is 11.6 Å². The Morgan fingerprint density at radius 2 is 2.14 bits per heavy atom. The summed E-state index contributed by atoms with van der Waals surface area (Å²) in [7, 11) is 0. The topological polar surface area (TPSA) is 20.2 Å². The van der Waals surface area contributed by atoms with Crippen LogP contribution in [0.4, 0.5) is 4.39 Å². The summed E-state index contributed by atoms with van der Waals surface area (Å²) in [6.45, 7) is 3.38. The van der Waals surface area contributed by atoms with Gasteiger partial charge in [-0.1, -0.05) is 23.8 Å². The van der Waals surface area contributed by atoms with Crippen molar-refractivity contribution in [3.05, 3.63) is 46.3 Å². The van der Waals surface area contributed by atoms with Crippen LogP contribution in [-0.4, -0.2) is 5.11 Å². The van der Waals surface area contributed by atoms with Gasteiger partial charge in [0.15, 0.2) is 0 Å². The maximum absolute atomic E-state index is 13.5. The molecular formula is C11H12ClFO. The average molecular weight is 215 g/mol. The third-order valence-corrected chi connectivity index (χ3v) is 2.16. The Hall–Kier alpha value is -0.860. The van der Waals surface area contributed by atoms with E-state index in [9.17, 15) is 9.50 Å². The summed E-state index contributed by atoms with van der Waals surface area (Å²) in [6, 6.07) is 2.97. The van der Waals surface area contributed by atoms with Gasteiger partial charge in [-0.3, -0.25) is 0 Å². The molecule has 1 nitrogen and oxygen atoms in total. The molecule has 0 fully saturated rings. The zero-order chi connectivity index (χ0) is 10.7. The highest BCUT2D eigenvalue weighted by Crippen LogP contribution is 2.25. The van der Waals surface area contributed by atoms with E-state index < -0.39 is 11.9 Å². The molecule has 0 aliphatic heterocycles. The number of allylic oxidation sites excluding steroid dienone is 1. The maximum atomic E-state index is 13.5. The van der Waals surface area contributed by atoms with Crippen molar-refractivity contribution in [2.24, 2.45) is 0 Å². The lowest BCUT2D eigenvalue weighted by Gasteiger charge is -2.09. The molecule has 1 aromatic rings. The van der Waals surface area contributed by atoms with Crippen LogP contribution in [0.25, 0.3) is 0 Å². The van der Waals surface area contributed by atoms with Crippen molar-refractivity contribution in [3.8, 4) is 0 Å². The fourth-order valence-corrected chi connectivity index (χ4v) is 1.53. The predicted molar refractivity (Wildman–Crippen MR) is 55.9 cm³/mol. The van der Waals surface area contributed by atoms with E-state index >= 15 is 0 Å². The summed E-state index contributed by atoms with van der Waals surface area (Å²) in [5, 5.41) is 10.00. The molecule has 0 aliphatic rings. The van der Waals surface area contributed by atoms with Gasteiger partial charge < -0.3 is 5.11 Å². The van der Waals surface area contributed by atoms with Gasteiger partial charge in [0.1, 0.15) is 11.9 Å². The predicted octanol–water partition coefficient (Wildman–Crippen LogP) is 3.40. The molecule has 1 N–H and O–H groups in total. The Bertz CT molecular complexity index is 361. The summed E-state index contributed by atoms with van der Waals surface area (Å²) in [5.74, 6) is -0.403. The number of rotatable bonds is 2. The van der Waals surface area contributed by atoms with Crippen molar-refractivity contribution in [2.75, 3.05) is 0 Å². The molecule has 0 aromatic heterocycles. The van der Waals surface area contributed by atoms with Crippen molar-refractivity contribution in [3.63, 3.8) is 0 Å². The molecule has 1 aromatic carbocycles. The summed E-state index contributed by atoms with van der Waals surface area (Å²) < 4.78 is 13.5. The summed E-state index contributed by atoms with van der Waals surface area (Å²) in [6.07, 6.45) is 2.24. The first-order valence-corrected chi connectivity index (χ1v) is 4.70. The highest BCUT2D eigenvalue weighted by Gasteiger charge is 2.12. The second-order valence-electron chi connectivity index (χ2n) is 3.10. The van der Waals surface area contributed by atoms with Gasteiger partial charge in [-0.2, -0.15) is 0 Å². The fraction of sp³-hybridized carbons (Fsp3) is 0.273. The van der Waals surface area contributed by atoms with Crippen molar-refractivity contribution in [1.82, 2.24) is 0 Å². The minimum atomic E-state index is -0.933. The number of aliphatic hydroxyl groups is 1. The van der Waals surface area contributed by atoms with Crippen LogP contribution in [0.5, 0.6) is 0 Å². The lowest BCUT2D eigenvalue weighted by atomic mass is 10.1. The molecule has 1 rings (SSSR count). The van der Waals surface area contributed by atoms with Crippen LogP contribution in [0.3, 0.4) is 0 Å². The molecule has 3 heteroatoms. The number of aliphatic hydroxyl groups excluding tert-OH is 1. The normalized spacial score (nSPS) is 13.5. The van der Waals surface area contributed by atoms with E-state index in [-0.39, 0.29) is 5.56 Å². The molecule has 1 atom stereocenters. The van der Waals surface area contributed by atoms with Gasteiger partial charge >= 0.3 is 0 Å². The Kier molecular flexibility index (Phi) is 3.67. The Morgan fingerprint density at radius 3 is 2.71 bits per heavy atom. The zero-order valence-electron chi connectivity index (χ0n) is 8.09. The first-order chi connectivity index (χ1) is 6.56. The minimum Gasteiger partial charge on any atom is -0.384 e. The SMILES string of the molecule is C/C=C/C(O)c1cc(Cl)cc(C)c1F.